The molecule has 0 radical (unpaired) electrons. The molecule has 1 saturated heterocycles. The molecule has 2 atom stereocenters. The molecule has 0 saturated carbocycles. The number of nitrogens with zero attached hydrogens (tertiary/aromatic N) is 3. The summed E-state index contributed by atoms with van der Waals surface area (Å²) in [6.07, 6.45) is 2.70. The molecule has 3 amide bonds. The molecular formula is C24H23ClFN5O5. The Kier molecular flexibility index (Phi) is 7.51. The first-order valence-corrected chi connectivity index (χ1v) is 11.3. The van der Waals surface area contributed by atoms with E-state index in [-0.39, 0.29) is 36.3 Å². The minimum Gasteiger partial charge on any atom is -0.497 e. The van der Waals surface area contributed by atoms with Crippen molar-refractivity contribution in [2.45, 2.75) is 18.6 Å². The van der Waals surface area contributed by atoms with Gasteiger partial charge in [0.05, 0.1) is 29.6 Å². The maximum Gasteiger partial charge on any atom is 0.323 e. The molecule has 0 aliphatic carbocycles. The summed E-state index contributed by atoms with van der Waals surface area (Å²) in [6, 6.07) is 8.46. The Hall–Kier alpha value is -3.96. The number of likely N-dealkylation sites (tertiary alicyclic amines) is 1. The molecule has 0 spiro atoms. The third-order valence-electron chi connectivity index (χ3n) is 5.74. The number of nitrogens with one attached hydrogen (secondary N) is 2. The summed E-state index contributed by atoms with van der Waals surface area (Å²) < 4.78 is 26.5. The van der Waals surface area contributed by atoms with Gasteiger partial charge in [-0.2, -0.15) is 0 Å². The Balaban J connectivity index is 1.50. The molecular weight excluding hydrogens is 493 g/mol. The maximum atomic E-state index is 14.9. The number of carbonyl (C=O) groups excluding carboxylic acids is 2. The highest BCUT2D eigenvalue weighted by Gasteiger charge is 2.40. The van der Waals surface area contributed by atoms with Crippen molar-refractivity contribution in [3.63, 3.8) is 0 Å². The van der Waals surface area contributed by atoms with E-state index in [1.54, 1.807) is 12.1 Å². The van der Waals surface area contributed by atoms with Crippen LogP contribution in [0.2, 0.25) is 5.02 Å². The quantitative estimate of drug-likeness (QED) is 0.520. The van der Waals surface area contributed by atoms with Gasteiger partial charge >= 0.3 is 6.03 Å². The lowest BCUT2D eigenvalue weighted by molar-refractivity contribution is -0.119. The zero-order valence-electron chi connectivity index (χ0n) is 19.4. The summed E-state index contributed by atoms with van der Waals surface area (Å²) >= 11 is 5.82. The Morgan fingerprint density at radius 1 is 1.14 bits per heavy atom. The molecule has 2 aromatic heterocycles. The summed E-state index contributed by atoms with van der Waals surface area (Å²) in [4.78, 5) is 43.5. The largest absolute Gasteiger partial charge is 0.497 e. The minimum absolute atomic E-state index is 0.0918. The number of hydrogen-bond acceptors (Lipinski definition) is 6. The normalized spacial score (nSPS) is 17.1. The second-order valence-electron chi connectivity index (χ2n) is 7.98. The number of urea groups is 1. The summed E-state index contributed by atoms with van der Waals surface area (Å²) in [7, 11) is 2.93. The van der Waals surface area contributed by atoms with Crippen molar-refractivity contribution in [2.24, 2.45) is 0 Å². The molecule has 2 N–H and O–H groups in total. The van der Waals surface area contributed by atoms with Gasteiger partial charge in [0.25, 0.3) is 5.56 Å². The van der Waals surface area contributed by atoms with E-state index in [0.717, 1.165) is 6.07 Å². The van der Waals surface area contributed by atoms with Crippen molar-refractivity contribution in [3.05, 3.63) is 76.1 Å². The van der Waals surface area contributed by atoms with Gasteiger partial charge < -0.3 is 19.7 Å². The average Bonchev–Trinajstić information content (AvgIpc) is 3.31. The fraction of sp³-hybridized carbons (Fsp3) is 0.250. The molecule has 0 unspecified atom stereocenters. The van der Waals surface area contributed by atoms with Crippen LogP contribution in [0.4, 0.5) is 20.7 Å². The molecule has 3 aromatic rings. The van der Waals surface area contributed by atoms with E-state index >= 15 is 0 Å². The molecule has 1 aliphatic heterocycles. The van der Waals surface area contributed by atoms with Crippen LogP contribution in [0.15, 0.2) is 59.7 Å². The van der Waals surface area contributed by atoms with Crippen molar-refractivity contribution in [1.82, 2.24) is 14.5 Å². The number of halogens is 2. The fourth-order valence-electron chi connectivity index (χ4n) is 3.84. The van der Waals surface area contributed by atoms with Gasteiger partial charge in [-0.1, -0.05) is 11.6 Å². The first-order chi connectivity index (χ1) is 17.3. The van der Waals surface area contributed by atoms with E-state index < -0.39 is 29.4 Å². The van der Waals surface area contributed by atoms with E-state index in [2.05, 4.69) is 15.6 Å². The molecule has 4 rings (SSSR count). The average molecular weight is 516 g/mol. The molecule has 1 aliphatic rings. The molecule has 3 heterocycles. The predicted octanol–water partition coefficient (Wildman–Crippen LogP) is 3.29. The topological polar surface area (TPSA) is 115 Å². The first kappa shape index (κ1) is 25.1. The van der Waals surface area contributed by atoms with Crippen LogP contribution in [0.3, 0.4) is 0 Å². The van der Waals surface area contributed by atoms with Crippen LogP contribution in [-0.4, -0.2) is 59.3 Å². The van der Waals surface area contributed by atoms with E-state index in [1.807, 2.05) is 0 Å². The predicted molar refractivity (Wildman–Crippen MR) is 131 cm³/mol. The smallest absolute Gasteiger partial charge is 0.323 e. The molecule has 0 bridgehead atoms. The number of benzene rings is 1. The van der Waals surface area contributed by atoms with Gasteiger partial charge in [0, 0.05) is 44.6 Å². The van der Waals surface area contributed by atoms with Crippen molar-refractivity contribution >= 4 is 35.0 Å². The van der Waals surface area contributed by atoms with Gasteiger partial charge in [-0.05, 0) is 30.3 Å². The highest BCUT2D eigenvalue weighted by molar-refractivity contribution is 6.30. The zero-order chi connectivity index (χ0) is 25.8. The van der Waals surface area contributed by atoms with Gasteiger partial charge in [0.15, 0.2) is 0 Å². The molecule has 36 heavy (non-hydrogen) atoms. The second-order valence-corrected chi connectivity index (χ2v) is 8.42. The van der Waals surface area contributed by atoms with Crippen LogP contribution in [0.25, 0.3) is 5.69 Å². The molecule has 12 heteroatoms. The zero-order valence-corrected chi connectivity index (χ0v) is 20.2. The van der Waals surface area contributed by atoms with Crippen LogP contribution < -0.4 is 20.9 Å². The summed E-state index contributed by atoms with van der Waals surface area (Å²) in [5, 5.41) is 5.57. The number of pyridine rings is 2. The van der Waals surface area contributed by atoms with E-state index in [4.69, 9.17) is 21.1 Å². The van der Waals surface area contributed by atoms with Gasteiger partial charge in [-0.3, -0.25) is 19.5 Å². The Labute approximate surface area is 210 Å². The van der Waals surface area contributed by atoms with Crippen molar-refractivity contribution in [2.75, 3.05) is 31.4 Å². The third kappa shape index (κ3) is 5.47. The van der Waals surface area contributed by atoms with E-state index in [1.165, 1.54) is 60.3 Å². The van der Waals surface area contributed by atoms with Crippen LogP contribution in [0, 0.1) is 5.82 Å². The summed E-state index contributed by atoms with van der Waals surface area (Å²) in [6.45, 7) is 0.163. The Morgan fingerprint density at radius 2 is 1.94 bits per heavy atom. The first-order valence-electron chi connectivity index (χ1n) is 10.9. The standard InChI is InChI=1S/C24H23ClFN5O5/c1-35-16-7-8-30(22(32)11-16)15-4-5-19(18(26)9-15)28-23(33)20-10-17(36-2)13-31(20)24(34)29-21-6-3-14(25)12-27-21/h3-9,11-12,17,20H,10,13H2,1-2H3,(H,28,33)(H,27,29,34)/t17-,20-/m1/s1. The highest BCUT2D eigenvalue weighted by atomic mass is 35.5. The van der Waals surface area contributed by atoms with Gasteiger partial charge in [0.2, 0.25) is 5.91 Å². The highest BCUT2D eigenvalue weighted by Crippen LogP contribution is 2.25. The number of anilines is 2. The minimum atomic E-state index is -0.912. The number of rotatable bonds is 6. The monoisotopic (exact) mass is 515 g/mol. The van der Waals surface area contributed by atoms with Crippen molar-refractivity contribution < 1.29 is 23.5 Å². The lowest BCUT2D eigenvalue weighted by Crippen LogP contribution is -2.45. The molecule has 1 aromatic carbocycles. The number of carbonyl (C=O) groups is 2. The van der Waals surface area contributed by atoms with E-state index in [0.29, 0.717) is 10.8 Å². The second kappa shape index (κ2) is 10.8. The Bertz CT molecular complexity index is 1330. The third-order valence-corrected chi connectivity index (χ3v) is 5.96. The molecule has 1 fully saturated rings. The van der Waals surface area contributed by atoms with Crippen molar-refractivity contribution in [3.8, 4) is 11.4 Å². The number of methoxy groups -OCH3 is 2. The number of amides is 3. The van der Waals surface area contributed by atoms with Gasteiger partial charge in [-0.25, -0.2) is 14.2 Å². The number of aromatic nitrogens is 2. The lowest BCUT2D eigenvalue weighted by atomic mass is 10.1. The van der Waals surface area contributed by atoms with Crippen LogP contribution in [-0.2, 0) is 9.53 Å². The summed E-state index contributed by atoms with van der Waals surface area (Å²) in [5.41, 5.74) is -0.222. The SMILES string of the molecule is COc1ccn(-c2ccc(NC(=O)[C@H]3C[C@@H](OC)CN3C(=O)Nc3ccc(Cl)cn3)c(F)c2)c(=O)c1. The maximum absolute atomic E-state index is 14.9. The van der Waals surface area contributed by atoms with Gasteiger partial charge in [-0.15, -0.1) is 0 Å². The van der Waals surface area contributed by atoms with Crippen molar-refractivity contribution in [1.29, 1.82) is 0 Å². The fourth-order valence-corrected chi connectivity index (χ4v) is 3.96. The lowest BCUT2D eigenvalue weighted by Gasteiger charge is -2.24. The molecule has 188 valence electrons. The summed E-state index contributed by atoms with van der Waals surface area (Å²) in [5.74, 6) is -0.681. The van der Waals surface area contributed by atoms with E-state index in [9.17, 15) is 18.8 Å². The van der Waals surface area contributed by atoms with Crippen LogP contribution in [0.1, 0.15) is 6.42 Å². The Morgan fingerprint density at radius 3 is 2.58 bits per heavy atom. The number of ether oxygens (including phenoxy) is 2. The van der Waals surface area contributed by atoms with Crippen LogP contribution >= 0.6 is 11.6 Å². The van der Waals surface area contributed by atoms with Crippen LogP contribution in [0.5, 0.6) is 5.75 Å². The molecule has 10 nitrogen and oxygen atoms in total. The van der Waals surface area contributed by atoms with Gasteiger partial charge in [0.1, 0.15) is 23.4 Å². The number of hydrogen-bond donors (Lipinski definition) is 2.